The molecular formula is C17H13Cl2NO3S. The molecule has 1 aromatic heterocycles. The summed E-state index contributed by atoms with van der Waals surface area (Å²) in [6, 6.07) is 9.64. The molecule has 1 heterocycles. The van der Waals surface area contributed by atoms with Crippen LogP contribution in [-0.2, 0) is 10.1 Å². The van der Waals surface area contributed by atoms with Gasteiger partial charge < -0.3 is 4.18 Å². The lowest BCUT2D eigenvalue weighted by molar-refractivity contribution is 0.488. The van der Waals surface area contributed by atoms with Gasteiger partial charge in [-0.3, -0.25) is 4.98 Å². The first-order valence-corrected chi connectivity index (χ1v) is 9.20. The van der Waals surface area contributed by atoms with Crippen LogP contribution >= 0.6 is 23.2 Å². The van der Waals surface area contributed by atoms with Gasteiger partial charge in [0.15, 0.2) is 5.75 Å². The number of rotatable bonds is 3. The second-order valence-electron chi connectivity index (χ2n) is 5.35. The van der Waals surface area contributed by atoms with Crippen molar-refractivity contribution in [2.45, 2.75) is 18.7 Å². The van der Waals surface area contributed by atoms with Gasteiger partial charge in [0, 0.05) is 11.6 Å². The third-order valence-corrected chi connectivity index (χ3v) is 5.52. The maximum absolute atomic E-state index is 12.6. The molecule has 0 aliphatic rings. The summed E-state index contributed by atoms with van der Waals surface area (Å²) in [4.78, 5) is 4.21. The van der Waals surface area contributed by atoms with Gasteiger partial charge in [-0.2, -0.15) is 8.42 Å². The van der Waals surface area contributed by atoms with Crippen molar-refractivity contribution in [2.24, 2.45) is 0 Å². The summed E-state index contributed by atoms with van der Waals surface area (Å²) in [6.45, 7) is 3.74. The van der Waals surface area contributed by atoms with Crippen LogP contribution in [-0.4, -0.2) is 13.4 Å². The normalized spacial score (nSPS) is 11.7. The van der Waals surface area contributed by atoms with Crippen molar-refractivity contribution in [3.05, 3.63) is 63.8 Å². The van der Waals surface area contributed by atoms with Gasteiger partial charge in [-0.15, -0.1) is 0 Å². The fraction of sp³-hybridized carbons (Fsp3) is 0.118. The summed E-state index contributed by atoms with van der Waals surface area (Å²) in [5.41, 5.74) is 2.14. The average Bonchev–Trinajstić information content (AvgIpc) is 2.54. The SMILES string of the molecule is Cc1ccc(S(=O)(=O)Oc2c(Cl)cc(Cl)c3cccnc23)cc1C. The summed E-state index contributed by atoms with van der Waals surface area (Å²) in [6.07, 6.45) is 1.52. The molecule has 124 valence electrons. The summed E-state index contributed by atoms with van der Waals surface area (Å²) in [5.74, 6) is -0.0325. The predicted molar refractivity (Wildman–Crippen MR) is 95.5 cm³/mol. The predicted octanol–water partition coefficient (Wildman–Crippen LogP) is 4.93. The molecule has 24 heavy (non-hydrogen) atoms. The highest BCUT2D eigenvalue weighted by atomic mass is 35.5. The Morgan fingerprint density at radius 3 is 2.46 bits per heavy atom. The van der Waals surface area contributed by atoms with E-state index < -0.39 is 10.1 Å². The molecule has 0 aliphatic heterocycles. The van der Waals surface area contributed by atoms with E-state index in [1.54, 1.807) is 24.3 Å². The molecule has 0 spiro atoms. The quantitative estimate of drug-likeness (QED) is 0.603. The molecular weight excluding hydrogens is 369 g/mol. The third kappa shape index (κ3) is 3.07. The molecule has 0 radical (unpaired) electrons. The van der Waals surface area contributed by atoms with E-state index >= 15 is 0 Å². The van der Waals surface area contributed by atoms with Crippen molar-refractivity contribution in [3.8, 4) is 5.75 Å². The van der Waals surface area contributed by atoms with Gasteiger partial charge in [0.25, 0.3) is 0 Å². The largest absolute Gasteiger partial charge is 0.375 e. The monoisotopic (exact) mass is 381 g/mol. The highest BCUT2D eigenvalue weighted by Crippen LogP contribution is 2.38. The second kappa shape index (κ2) is 6.24. The van der Waals surface area contributed by atoms with Gasteiger partial charge in [-0.1, -0.05) is 29.3 Å². The number of hydrogen-bond donors (Lipinski definition) is 0. The average molecular weight is 382 g/mol. The topological polar surface area (TPSA) is 56.3 Å². The first kappa shape index (κ1) is 17.0. The van der Waals surface area contributed by atoms with Crippen molar-refractivity contribution in [1.29, 1.82) is 0 Å². The molecule has 7 heteroatoms. The van der Waals surface area contributed by atoms with Gasteiger partial charge in [-0.25, -0.2) is 0 Å². The number of fused-ring (bicyclic) bond motifs is 1. The zero-order valence-corrected chi connectivity index (χ0v) is 15.2. The van der Waals surface area contributed by atoms with E-state index in [4.69, 9.17) is 27.4 Å². The summed E-state index contributed by atoms with van der Waals surface area (Å²) < 4.78 is 30.5. The standard InChI is InChI=1S/C17H13Cl2NO3S/c1-10-5-6-12(8-11(10)2)24(21,22)23-17-15(19)9-14(18)13-4-3-7-20-16(13)17/h3-9H,1-2H3. The number of aryl methyl sites for hydroxylation is 2. The Bertz CT molecular complexity index is 1050. The maximum atomic E-state index is 12.6. The number of hydrogen-bond acceptors (Lipinski definition) is 4. The molecule has 0 N–H and O–H groups in total. The van der Waals surface area contributed by atoms with Crippen LogP contribution in [0.5, 0.6) is 5.75 Å². The summed E-state index contributed by atoms with van der Waals surface area (Å²) in [7, 11) is -4.05. The van der Waals surface area contributed by atoms with Crippen LogP contribution in [0.3, 0.4) is 0 Å². The fourth-order valence-corrected chi connectivity index (χ4v) is 3.89. The van der Waals surface area contributed by atoms with Gasteiger partial charge in [0.2, 0.25) is 0 Å². The molecule has 0 saturated heterocycles. The Hall–Kier alpha value is -1.82. The number of pyridine rings is 1. The van der Waals surface area contributed by atoms with Gasteiger partial charge >= 0.3 is 10.1 Å². The van der Waals surface area contributed by atoms with Crippen LogP contribution in [0.25, 0.3) is 10.9 Å². The van der Waals surface area contributed by atoms with E-state index in [1.165, 1.54) is 18.3 Å². The Morgan fingerprint density at radius 1 is 1.00 bits per heavy atom. The van der Waals surface area contributed by atoms with Gasteiger partial charge in [0.1, 0.15) is 10.4 Å². The van der Waals surface area contributed by atoms with Crippen LogP contribution in [0, 0.1) is 13.8 Å². The Balaban J connectivity index is 2.14. The van der Waals surface area contributed by atoms with E-state index in [0.717, 1.165) is 11.1 Å². The Morgan fingerprint density at radius 2 is 1.75 bits per heavy atom. The lowest BCUT2D eigenvalue weighted by atomic mass is 10.1. The lowest BCUT2D eigenvalue weighted by Gasteiger charge is -2.12. The minimum atomic E-state index is -4.05. The Labute approximate surface area is 150 Å². The number of halogens is 2. The molecule has 3 rings (SSSR count). The minimum Gasteiger partial charge on any atom is -0.375 e. The summed E-state index contributed by atoms with van der Waals surface area (Å²) >= 11 is 12.3. The van der Waals surface area contributed by atoms with E-state index in [1.807, 2.05) is 13.8 Å². The lowest BCUT2D eigenvalue weighted by Crippen LogP contribution is -2.11. The fourth-order valence-electron chi connectivity index (χ4n) is 2.25. The van der Waals surface area contributed by atoms with Crippen molar-refractivity contribution in [2.75, 3.05) is 0 Å². The highest BCUT2D eigenvalue weighted by molar-refractivity contribution is 7.87. The first-order valence-electron chi connectivity index (χ1n) is 7.04. The van der Waals surface area contributed by atoms with Crippen molar-refractivity contribution < 1.29 is 12.6 Å². The van der Waals surface area contributed by atoms with E-state index in [9.17, 15) is 8.42 Å². The molecule has 0 unspecified atom stereocenters. The van der Waals surface area contributed by atoms with E-state index in [-0.39, 0.29) is 15.7 Å². The van der Waals surface area contributed by atoms with E-state index in [0.29, 0.717) is 15.9 Å². The van der Waals surface area contributed by atoms with Crippen molar-refractivity contribution in [1.82, 2.24) is 4.98 Å². The molecule has 0 amide bonds. The zero-order chi connectivity index (χ0) is 17.5. The first-order chi connectivity index (χ1) is 11.3. The third-order valence-electron chi connectivity index (χ3n) is 3.71. The molecule has 3 aromatic rings. The molecule has 2 aromatic carbocycles. The second-order valence-corrected chi connectivity index (χ2v) is 7.71. The maximum Gasteiger partial charge on any atom is 0.339 e. The highest BCUT2D eigenvalue weighted by Gasteiger charge is 2.22. The van der Waals surface area contributed by atoms with Gasteiger partial charge in [-0.05, 0) is 55.3 Å². The minimum absolute atomic E-state index is 0.0325. The van der Waals surface area contributed by atoms with Crippen LogP contribution in [0.15, 0.2) is 47.5 Å². The molecule has 4 nitrogen and oxygen atoms in total. The smallest absolute Gasteiger partial charge is 0.339 e. The molecule has 0 aliphatic carbocycles. The molecule has 0 atom stereocenters. The summed E-state index contributed by atoms with van der Waals surface area (Å²) in [5, 5.41) is 1.02. The van der Waals surface area contributed by atoms with Crippen LogP contribution in [0.1, 0.15) is 11.1 Å². The number of benzene rings is 2. The zero-order valence-electron chi connectivity index (χ0n) is 12.9. The molecule has 0 saturated carbocycles. The molecule has 0 fully saturated rings. The Kier molecular flexibility index (Phi) is 4.42. The van der Waals surface area contributed by atoms with E-state index in [2.05, 4.69) is 4.98 Å². The van der Waals surface area contributed by atoms with Gasteiger partial charge in [0.05, 0.1) is 10.0 Å². The molecule has 0 bridgehead atoms. The van der Waals surface area contributed by atoms with Crippen LogP contribution < -0.4 is 4.18 Å². The van der Waals surface area contributed by atoms with Crippen molar-refractivity contribution >= 4 is 44.2 Å². The van der Waals surface area contributed by atoms with Crippen LogP contribution in [0.2, 0.25) is 10.0 Å². The van der Waals surface area contributed by atoms with Crippen LogP contribution in [0.4, 0.5) is 0 Å². The number of aromatic nitrogens is 1. The van der Waals surface area contributed by atoms with Crippen molar-refractivity contribution in [3.63, 3.8) is 0 Å². The number of nitrogens with zero attached hydrogens (tertiary/aromatic N) is 1.